The molecule has 35 heavy (non-hydrogen) atoms. The molecule has 12 heteroatoms. The van der Waals surface area contributed by atoms with Crippen LogP contribution in [0.2, 0.25) is 5.02 Å². The first kappa shape index (κ1) is 23.7. The molecule has 0 spiro atoms. The molecule has 0 amide bonds. The molecule has 1 aliphatic rings. The number of hydrogen-bond acceptors (Lipinski definition) is 8. The molecule has 184 valence electrons. The van der Waals surface area contributed by atoms with E-state index in [-0.39, 0.29) is 12.0 Å². The zero-order chi connectivity index (χ0) is 24.6. The van der Waals surface area contributed by atoms with Gasteiger partial charge in [0.2, 0.25) is 15.9 Å². The molecule has 0 aliphatic carbocycles. The molecule has 0 saturated carbocycles. The summed E-state index contributed by atoms with van der Waals surface area (Å²) in [5.74, 6) is 1.31. The Morgan fingerprint density at radius 1 is 1.26 bits per heavy atom. The summed E-state index contributed by atoms with van der Waals surface area (Å²) in [7, 11) is -3.16. The van der Waals surface area contributed by atoms with E-state index < -0.39 is 10.0 Å². The zero-order valence-corrected chi connectivity index (χ0v) is 21.0. The van der Waals surface area contributed by atoms with E-state index in [2.05, 4.69) is 25.3 Å². The van der Waals surface area contributed by atoms with Crippen molar-refractivity contribution in [3.63, 3.8) is 0 Å². The van der Waals surface area contributed by atoms with Crippen molar-refractivity contribution >= 4 is 49.4 Å². The van der Waals surface area contributed by atoms with Gasteiger partial charge in [0.15, 0.2) is 11.5 Å². The number of piperidine rings is 1. The van der Waals surface area contributed by atoms with Gasteiger partial charge in [0, 0.05) is 13.1 Å². The Bertz CT molecular complexity index is 1470. The van der Waals surface area contributed by atoms with Crippen molar-refractivity contribution in [3.8, 4) is 5.88 Å². The highest BCUT2D eigenvalue weighted by Crippen LogP contribution is 2.34. The van der Waals surface area contributed by atoms with Gasteiger partial charge in [-0.25, -0.2) is 32.7 Å². The van der Waals surface area contributed by atoms with Crippen molar-refractivity contribution in [1.82, 2.24) is 29.2 Å². The minimum absolute atomic E-state index is 0.200. The van der Waals surface area contributed by atoms with E-state index in [4.69, 9.17) is 21.3 Å². The summed E-state index contributed by atoms with van der Waals surface area (Å²) < 4.78 is 31.3. The molecule has 0 bridgehead atoms. The number of halogens is 1. The van der Waals surface area contributed by atoms with Gasteiger partial charge in [-0.1, -0.05) is 23.7 Å². The lowest BCUT2D eigenvalue weighted by Crippen LogP contribution is -2.39. The standard InChI is InChI=1S/C23H26ClN7O3S/c1-14(29-22-20-21(26-12-25-20)27-13-28-22)18-10-16-4-3-5-17(24)19(16)23(30-18)34-11-15-6-8-31(9-7-15)35(2,32)33/h3-5,10,12-15H,6-9,11H2,1-2H3,(H2,25,26,27,28,29)/t14-/m0/s1. The third-order valence-corrected chi connectivity index (χ3v) is 7.92. The van der Waals surface area contributed by atoms with Crippen molar-refractivity contribution in [1.29, 1.82) is 0 Å². The Hall–Kier alpha value is -3.02. The van der Waals surface area contributed by atoms with Gasteiger partial charge in [-0.15, -0.1) is 0 Å². The van der Waals surface area contributed by atoms with E-state index >= 15 is 0 Å². The van der Waals surface area contributed by atoms with Crippen LogP contribution in [0.4, 0.5) is 5.82 Å². The number of H-pyrrole nitrogens is 1. The minimum atomic E-state index is -3.16. The topological polar surface area (TPSA) is 126 Å². The largest absolute Gasteiger partial charge is 0.477 e. The summed E-state index contributed by atoms with van der Waals surface area (Å²) in [5.41, 5.74) is 2.07. The predicted octanol–water partition coefficient (Wildman–Crippen LogP) is 3.78. The van der Waals surface area contributed by atoms with Crippen LogP contribution in [0.3, 0.4) is 0 Å². The molecule has 1 fully saturated rings. The second kappa shape index (κ2) is 9.56. The van der Waals surface area contributed by atoms with Gasteiger partial charge in [0.05, 0.1) is 41.3 Å². The number of ether oxygens (including phenoxy) is 1. The van der Waals surface area contributed by atoms with Crippen LogP contribution in [-0.2, 0) is 10.0 Å². The van der Waals surface area contributed by atoms with Gasteiger partial charge >= 0.3 is 0 Å². The number of aromatic nitrogens is 5. The Morgan fingerprint density at radius 3 is 2.83 bits per heavy atom. The highest BCUT2D eigenvalue weighted by molar-refractivity contribution is 7.88. The number of aromatic amines is 1. The number of benzene rings is 1. The van der Waals surface area contributed by atoms with E-state index in [1.54, 1.807) is 6.33 Å². The Morgan fingerprint density at radius 2 is 2.06 bits per heavy atom. The van der Waals surface area contributed by atoms with Crippen molar-refractivity contribution < 1.29 is 13.2 Å². The van der Waals surface area contributed by atoms with E-state index in [1.807, 2.05) is 31.2 Å². The molecule has 1 aliphatic heterocycles. The second-order valence-electron chi connectivity index (χ2n) is 8.79. The molecule has 1 atom stereocenters. The molecule has 4 aromatic rings. The quantitative estimate of drug-likeness (QED) is 0.381. The molecule has 1 saturated heterocycles. The number of rotatable bonds is 7. The average molecular weight is 516 g/mol. The third kappa shape index (κ3) is 5.02. The summed E-state index contributed by atoms with van der Waals surface area (Å²) >= 11 is 6.53. The number of sulfonamides is 1. The number of hydrogen-bond donors (Lipinski definition) is 2. The first-order valence-electron chi connectivity index (χ1n) is 11.4. The summed E-state index contributed by atoms with van der Waals surface area (Å²) in [5, 5.41) is 5.62. The maximum Gasteiger partial charge on any atom is 0.223 e. The maximum atomic E-state index is 11.8. The molecular formula is C23H26ClN7O3S. The van der Waals surface area contributed by atoms with Crippen LogP contribution in [0, 0.1) is 5.92 Å². The van der Waals surface area contributed by atoms with Crippen molar-refractivity contribution in [3.05, 3.63) is 47.6 Å². The van der Waals surface area contributed by atoms with Gasteiger partial charge in [-0.05, 0) is 43.2 Å². The zero-order valence-electron chi connectivity index (χ0n) is 19.4. The van der Waals surface area contributed by atoms with Crippen LogP contribution in [0.5, 0.6) is 5.88 Å². The minimum Gasteiger partial charge on any atom is -0.477 e. The fourth-order valence-electron chi connectivity index (χ4n) is 4.33. The molecule has 10 nitrogen and oxygen atoms in total. The van der Waals surface area contributed by atoms with Crippen LogP contribution in [-0.4, -0.2) is 63.6 Å². The van der Waals surface area contributed by atoms with E-state index in [1.165, 1.54) is 16.9 Å². The molecule has 4 heterocycles. The van der Waals surface area contributed by atoms with Crippen LogP contribution in [0.15, 0.2) is 36.9 Å². The molecule has 3 aromatic heterocycles. The number of nitrogens with one attached hydrogen (secondary N) is 2. The van der Waals surface area contributed by atoms with Gasteiger partial charge in [0.1, 0.15) is 11.8 Å². The summed E-state index contributed by atoms with van der Waals surface area (Å²) in [6, 6.07) is 7.48. The molecule has 0 radical (unpaired) electrons. The van der Waals surface area contributed by atoms with E-state index in [0.717, 1.165) is 29.3 Å². The number of imidazole rings is 1. The fourth-order valence-corrected chi connectivity index (χ4v) is 5.47. The van der Waals surface area contributed by atoms with Gasteiger partial charge in [-0.3, -0.25) is 0 Å². The molecule has 0 unspecified atom stereocenters. The second-order valence-corrected chi connectivity index (χ2v) is 11.2. The highest BCUT2D eigenvalue weighted by Gasteiger charge is 2.26. The van der Waals surface area contributed by atoms with Crippen molar-refractivity contribution in [2.75, 3.05) is 31.3 Å². The van der Waals surface area contributed by atoms with Gasteiger partial charge < -0.3 is 15.0 Å². The first-order chi connectivity index (χ1) is 16.8. The Balaban J connectivity index is 1.38. The third-order valence-electron chi connectivity index (χ3n) is 6.31. The van der Waals surface area contributed by atoms with E-state index in [9.17, 15) is 8.42 Å². The van der Waals surface area contributed by atoms with Gasteiger partial charge in [0.25, 0.3) is 0 Å². The smallest absolute Gasteiger partial charge is 0.223 e. The predicted molar refractivity (Wildman–Crippen MR) is 135 cm³/mol. The van der Waals surface area contributed by atoms with Gasteiger partial charge in [-0.2, -0.15) is 0 Å². The van der Waals surface area contributed by atoms with Crippen LogP contribution >= 0.6 is 11.6 Å². The average Bonchev–Trinajstić information content (AvgIpc) is 3.32. The fraction of sp³-hybridized carbons (Fsp3) is 0.391. The lowest BCUT2D eigenvalue weighted by molar-refractivity contribution is 0.182. The Kier molecular flexibility index (Phi) is 6.47. The summed E-state index contributed by atoms with van der Waals surface area (Å²) in [4.78, 5) is 20.6. The maximum absolute atomic E-state index is 11.8. The normalized spacial score (nSPS) is 16.5. The molecular weight excluding hydrogens is 490 g/mol. The molecule has 1 aromatic carbocycles. The molecule has 2 N–H and O–H groups in total. The Labute approximate surface area is 208 Å². The SMILES string of the molecule is C[C@H](Nc1ncnc2[nH]cnc12)c1cc2cccc(Cl)c2c(OCC2CCN(S(C)(=O)=O)CC2)n1. The van der Waals surface area contributed by atoms with Crippen molar-refractivity contribution in [2.24, 2.45) is 5.92 Å². The monoisotopic (exact) mass is 515 g/mol. The number of anilines is 1. The number of nitrogens with zero attached hydrogens (tertiary/aromatic N) is 5. The van der Waals surface area contributed by atoms with Crippen molar-refractivity contribution in [2.45, 2.75) is 25.8 Å². The van der Waals surface area contributed by atoms with E-state index in [0.29, 0.717) is 47.6 Å². The van der Waals surface area contributed by atoms with Crippen LogP contribution in [0.25, 0.3) is 21.9 Å². The molecule has 5 rings (SSSR count). The van der Waals surface area contributed by atoms with Crippen LogP contribution < -0.4 is 10.1 Å². The number of fused-ring (bicyclic) bond motifs is 2. The highest BCUT2D eigenvalue weighted by atomic mass is 35.5. The summed E-state index contributed by atoms with van der Waals surface area (Å²) in [6.45, 7) is 3.44. The lowest BCUT2D eigenvalue weighted by Gasteiger charge is -2.30. The summed E-state index contributed by atoms with van der Waals surface area (Å²) in [6.07, 6.45) is 5.79. The van der Waals surface area contributed by atoms with Crippen LogP contribution in [0.1, 0.15) is 31.5 Å². The lowest BCUT2D eigenvalue weighted by atomic mass is 9.99. The number of pyridine rings is 1. The first-order valence-corrected chi connectivity index (χ1v) is 13.6.